The minimum atomic E-state index is -1.03. The summed E-state index contributed by atoms with van der Waals surface area (Å²) < 4.78 is 8.60. The van der Waals surface area contributed by atoms with Crippen LogP contribution in [0.2, 0.25) is 0 Å². The van der Waals surface area contributed by atoms with Crippen molar-refractivity contribution in [2.45, 2.75) is 52.0 Å². The second-order valence-corrected chi connectivity index (χ2v) is 5.92. The maximum absolute atomic E-state index is 12.4. The molecule has 0 spiro atoms. The van der Waals surface area contributed by atoms with Crippen LogP contribution in [-0.2, 0) is 9.53 Å². The normalized spacial score (nSPS) is 13.9. The second kappa shape index (κ2) is 6.78. The number of methoxy groups -OCH3 is 1. The van der Waals surface area contributed by atoms with Crippen molar-refractivity contribution in [3.05, 3.63) is 10.6 Å². The molecule has 1 N–H and O–H groups in total. The van der Waals surface area contributed by atoms with Gasteiger partial charge < -0.3 is 10.1 Å². The van der Waals surface area contributed by atoms with Crippen LogP contribution in [0.1, 0.15) is 61.8 Å². The summed E-state index contributed by atoms with van der Waals surface area (Å²) in [5.74, 6) is -0.675. The lowest BCUT2D eigenvalue weighted by Gasteiger charge is -2.27. The number of hydrogen-bond donors (Lipinski definition) is 1. The number of carbonyl (C=O) groups excluding carboxylic acids is 2. The van der Waals surface area contributed by atoms with E-state index in [4.69, 9.17) is 4.74 Å². The van der Waals surface area contributed by atoms with E-state index in [0.29, 0.717) is 17.0 Å². The van der Waals surface area contributed by atoms with Crippen LogP contribution in [-0.4, -0.2) is 34.1 Å². The monoisotopic (exact) mass is 299 g/mol. The lowest BCUT2D eigenvalue weighted by atomic mass is 9.96. The minimum Gasteiger partial charge on any atom is -0.467 e. The molecule has 0 aliphatic rings. The maximum Gasteiger partial charge on any atom is 0.331 e. The van der Waals surface area contributed by atoms with Gasteiger partial charge in [0.1, 0.15) is 10.4 Å². The fourth-order valence-electron chi connectivity index (χ4n) is 1.98. The van der Waals surface area contributed by atoms with Gasteiger partial charge in [-0.2, -0.15) is 0 Å². The quantitative estimate of drug-likeness (QED) is 0.814. The Kier molecular flexibility index (Phi) is 5.62. The molecule has 1 rings (SSSR count). The van der Waals surface area contributed by atoms with E-state index in [1.54, 1.807) is 6.92 Å². The van der Waals surface area contributed by atoms with E-state index in [2.05, 4.69) is 14.9 Å². The zero-order valence-electron chi connectivity index (χ0n) is 12.5. The summed E-state index contributed by atoms with van der Waals surface area (Å²) in [5, 5.41) is 6.73. The van der Waals surface area contributed by atoms with Gasteiger partial charge >= 0.3 is 5.97 Å². The number of esters is 1. The van der Waals surface area contributed by atoms with Gasteiger partial charge in [-0.15, -0.1) is 5.10 Å². The zero-order chi connectivity index (χ0) is 15.3. The number of nitrogens with one attached hydrogen (secondary N) is 1. The Morgan fingerprint density at radius 1 is 1.45 bits per heavy atom. The van der Waals surface area contributed by atoms with Gasteiger partial charge in [-0.3, -0.25) is 4.79 Å². The third-order valence-electron chi connectivity index (χ3n) is 3.04. The number of amides is 1. The summed E-state index contributed by atoms with van der Waals surface area (Å²) in [6.07, 6.45) is 1.26. The Bertz CT molecular complexity index is 487. The van der Waals surface area contributed by atoms with Gasteiger partial charge in [0, 0.05) is 0 Å². The second-order valence-electron chi connectivity index (χ2n) is 5.17. The molecule has 0 aliphatic carbocycles. The van der Waals surface area contributed by atoms with E-state index in [-0.39, 0.29) is 11.8 Å². The molecule has 112 valence electrons. The molecule has 0 aromatic carbocycles. The Morgan fingerprint density at radius 3 is 2.60 bits per heavy atom. The van der Waals surface area contributed by atoms with E-state index in [1.807, 2.05) is 20.8 Å². The van der Waals surface area contributed by atoms with Gasteiger partial charge in [0.05, 0.1) is 12.8 Å². The maximum atomic E-state index is 12.4. The summed E-state index contributed by atoms with van der Waals surface area (Å²) in [7, 11) is 1.32. The smallest absolute Gasteiger partial charge is 0.331 e. The number of hydrogen-bond acceptors (Lipinski definition) is 6. The van der Waals surface area contributed by atoms with Crippen molar-refractivity contribution in [1.82, 2.24) is 14.9 Å². The first-order valence-electron chi connectivity index (χ1n) is 6.58. The fourth-order valence-corrected chi connectivity index (χ4v) is 2.70. The highest BCUT2D eigenvalue weighted by Crippen LogP contribution is 2.22. The van der Waals surface area contributed by atoms with Crippen molar-refractivity contribution >= 4 is 23.4 Å². The van der Waals surface area contributed by atoms with Crippen molar-refractivity contribution < 1.29 is 14.3 Å². The largest absolute Gasteiger partial charge is 0.467 e. The van der Waals surface area contributed by atoms with E-state index in [1.165, 1.54) is 7.11 Å². The molecule has 6 nitrogen and oxygen atoms in total. The molecule has 0 bridgehead atoms. The molecular formula is C13H21N3O3S. The van der Waals surface area contributed by atoms with Crippen LogP contribution in [0.5, 0.6) is 0 Å². The van der Waals surface area contributed by atoms with Gasteiger partial charge in [0.25, 0.3) is 5.91 Å². The van der Waals surface area contributed by atoms with Crippen molar-refractivity contribution in [1.29, 1.82) is 0 Å². The number of ether oxygens (including phenoxy) is 1. The molecule has 0 saturated heterocycles. The Balaban J connectivity index is 2.97. The van der Waals surface area contributed by atoms with Crippen molar-refractivity contribution in [3.63, 3.8) is 0 Å². The van der Waals surface area contributed by atoms with Gasteiger partial charge in [0.15, 0.2) is 0 Å². The molecule has 0 radical (unpaired) electrons. The molecule has 0 fully saturated rings. The molecule has 1 atom stereocenters. The van der Waals surface area contributed by atoms with Crippen molar-refractivity contribution in [2.75, 3.05) is 7.11 Å². The van der Waals surface area contributed by atoms with Crippen molar-refractivity contribution in [3.8, 4) is 0 Å². The number of rotatable bonds is 6. The van der Waals surface area contributed by atoms with Crippen molar-refractivity contribution in [2.24, 2.45) is 0 Å². The van der Waals surface area contributed by atoms with Crippen LogP contribution < -0.4 is 5.32 Å². The highest BCUT2D eigenvalue weighted by Gasteiger charge is 2.36. The number of carbonyl (C=O) groups is 2. The standard InChI is InChI=1S/C13H21N3O3S/c1-6-7-13(4,12(18)19-5)14-11(17)10-9(8(2)3)15-16-20-10/h8H,6-7H2,1-5H3,(H,14,17). The Hall–Kier alpha value is -1.50. The van der Waals surface area contributed by atoms with Gasteiger partial charge in [-0.25, -0.2) is 4.79 Å². The predicted molar refractivity (Wildman–Crippen MR) is 76.8 cm³/mol. The summed E-state index contributed by atoms with van der Waals surface area (Å²) in [6, 6.07) is 0. The average Bonchev–Trinajstić information content (AvgIpc) is 2.87. The van der Waals surface area contributed by atoms with Gasteiger partial charge in [0.2, 0.25) is 0 Å². The van der Waals surface area contributed by atoms with Crippen LogP contribution in [0.15, 0.2) is 0 Å². The third-order valence-corrected chi connectivity index (χ3v) is 3.78. The highest BCUT2D eigenvalue weighted by molar-refractivity contribution is 7.08. The summed E-state index contributed by atoms with van der Waals surface area (Å²) in [6.45, 7) is 7.50. The molecule has 20 heavy (non-hydrogen) atoms. The lowest BCUT2D eigenvalue weighted by Crippen LogP contribution is -2.52. The molecule has 1 amide bonds. The first kappa shape index (κ1) is 16.6. The summed E-state index contributed by atoms with van der Waals surface area (Å²) >= 11 is 1.04. The predicted octanol–water partition coefficient (Wildman–Crippen LogP) is 2.12. The van der Waals surface area contributed by atoms with E-state index < -0.39 is 11.5 Å². The van der Waals surface area contributed by atoms with Gasteiger partial charge in [-0.1, -0.05) is 31.7 Å². The topological polar surface area (TPSA) is 81.2 Å². The lowest BCUT2D eigenvalue weighted by molar-refractivity contribution is -0.147. The van der Waals surface area contributed by atoms with Crippen LogP contribution >= 0.6 is 11.5 Å². The average molecular weight is 299 g/mol. The molecular weight excluding hydrogens is 278 g/mol. The first-order chi connectivity index (χ1) is 9.35. The summed E-state index contributed by atoms with van der Waals surface area (Å²) in [4.78, 5) is 24.7. The number of nitrogens with zero attached hydrogens (tertiary/aromatic N) is 2. The number of aromatic nitrogens is 2. The van der Waals surface area contributed by atoms with Crippen LogP contribution in [0, 0.1) is 0 Å². The molecule has 0 aliphatic heterocycles. The molecule has 0 saturated carbocycles. The zero-order valence-corrected chi connectivity index (χ0v) is 13.3. The molecule has 7 heteroatoms. The SMILES string of the molecule is CCCC(C)(NC(=O)c1snnc1C(C)C)C(=O)OC. The van der Waals surface area contributed by atoms with Crippen LogP contribution in [0.4, 0.5) is 0 Å². The van der Waals surface area contributed by atoms with E-state index in [0.717, 1.165) is 18.0 Å². The molecule has 1 heterocycles. The summed E-state index contributed by atoms with van der Waals surface area (Å²) in [5.41, 5.74) is -0.380. The molecule has 1 aromatic heterocycles. The third kappa shape index (κ3) is 3.53. The Morgan fingerprint density at radius 2 is 2.10 bits per heavy atom. The molecule has 1 unspecified atom stereocenters. The van der Waals surface area contributed by atoms with Crippen LogP contribution in [0.3, 0.4) is 0 Å². The highest BCUT2D eigenvalue weighted by atomic mass is 32.1. The Labute approximate surface area is 123 Å². The minimum absolute atomic E-state index is 0.102. The first-order valence-corrected chi connectivity index (χ1v) is 7.36. The fraction of sp³-hybridized carbons (Fsp3) is 0.692. The van der Waals surface area contributed by atoms with E-state index in [9.17, 15) is 9.59 Å². The molecule has 1 aromatic rings. The van der Waals surface area contributed by atoms with Crippen LogP contribution in [0.25, 0.3) is 0 Å². The van der Waals surface area contributed by atoms with E-state index >= 15 is 0 Å². The van der Waals surface area contributed by atoms with Gasteiger partial charge in [-0.05, 0) is 30.8 Å².